The molecule has 0 amide bonds. The van der Waals surface area contributed by atoms with Crippen LogP contribution in [0.2, 0.25) is 0 Å². The molecule has 0 saturated heterocycles. The summed E-state index contributed by atoms with van der Waals surface area (Å²) >= 11 is 2.12. The Morgan fingerprint density at radius 1 is 1.09 bits per heavy atom. The van der Waals surface area contributed by atoms with E-state index in [2.05, 4.69) is 42.9 Å². The van der Waals surface area contributed by atoms with Gasteiger partial charge >= 0.3 is 0 Å². The number of halogens is 1. The molecular formula is C13H10IN5O2S. The second-order valence-electron chi connectivity index (χ2n) is 4.46. The van der Waals surface area contributed by atoms with E-state index in [4.69, 9.17) is 0 Å². The topological polar surface area (TPSA) is 90.6 Å². The van der Waals surface area contributed by atoms with Crippen LogP contribution in [0.3, 0.4) is 0 Å². The Labute approximate surface area is 140 Å². The summed E-state index contributed by atoms with van der Waals surface area (Å²) in [4.78, 5) is 8.00. The lowest BCUT2D eigenvalue weighted by Gasteiger charge is -2.00. The highest BCUT2D eigenvalue weighted by Crippen LogP contribution is 2.19. The maximum Gasteiger partial charge on any atom is 0.227 e. The van der Waals surface area contributed by atoms with Crippen molar-refractivity contribution in [1.29, 1.82) is 0 Å². The zero-order chi connectivity index (χ0) is 15.6. The summed E-state index contributed by atoms with van der Waals surface area (Å²) in [5.41, 5.74) is 0.811. The van der Waals surface area contributed by atoms with Crippen molar-refractivity contribution < 1.29 is 8.42 Å². The van der Waals surface area contributed by atoms with Crippen LogP contribution in [0, 0.1) is 3.57 Å². The first-order chi connectivity index (χ1) is 10.6. The Hall–Kier alpha value is -1.88. The van der Waals surface area contributed by atoms with Crippen LogP contribution in [-0.2, 0) is 16.4 Å². The van der Waals surface area contributed by atoms with Crippen LogP contribution >= 0.6 is 22.6 Å². The second kappa shape index (κ2) is 6.08. The molecular weight excluding hydrogens is 417 g/mol. The van der Waals surface area contributed by atoms with Gasteiger partial charge in [0.2, 0.25) is 14.9 Å². The van der Waals surface area contributed by atoms with Gasteiger partial charge in [-0.05, 0) is 46.9 Å². The van der Waals surface area contributed by atoms with E-state index in [1.807, 2.05) is 0 Å². The van der Waals surface area contributed by atoms with Crippen LogP contribution in [0.5, 0.6) is 0 Å². The standard InChI is InChI=1S/C13H10IN5O2S/c14-11-1-3-12(4-2-11)22(20,21)13-8-19(18-17-13)7-10-5-15-9-16-6-10/h1-6,8-9H,7H2. The van der Waals surface area contributed by atoms with E-state index in [1.165, 1.54) is 17.2 Å². The van der Waals surface area contributed by atoms with E-state index in [0.717, 1.165) is 9.13 Å². The van der Waals surface area contributed by atoms with Crippen molar-refractivity contribution in [2.75, 3.05) is 0 Å². The van der Waals surface area contributed by atoms with Crippen molar-refractivity contribution in [1.82, 2.24) is 25.0 Å². The van der Waals surface area contributed by atoms with Crippen LogP contribution in [-0.4, -0.2) is 33.4 Å². The van der Waals surface area contributed by atoms with Crippen molar-refractivity contribution in [3.8, 4) is 0 Å². The minimum absolute atomic E-state index is 0.0782. The number of aromatic nitrogens is 5. The van der Waals surface area contributed by atoms with Crippen molar-refractivity contribution in [3.05, 3.63) is 58.3 Å². The van der Waals surface area contributed by atoms with Gasteiger partial charge in [-0.2, -0.15) is 0 Å². The zero-order valence-electron chi connectivity index (χ0n) is 11.2. The molecule has 0 atom stereocenters. The van der Waals surface area contributed by atoms with Crippen LogP contribution in [0.15, 0.2) is 59.1 Å². The smallest absolute Gasteiger partial charge is 0.227 e. The molecule has 0 aliphatic rings. The highest BCUT2D eigenvalue weighted by atomic mass is 127. The van der Waals surface area contributed by atoms with Crippen molar-refractivity contribution in [3.63, 3.8) is 0 Å². The summed E-state index contributed by atoms with van der Waals surface area (Å²) in [6.07, 6.45) is 6.11. The van der Waals surface area contributed by atoms with Gasteiger partial charge in [-0.1, -0.05) is 5.21 Å². The number of hydrogen-bond donors (Lipinski definition) is 0. The van der Waals surface area contributed by atoms with Crippen LogP contribution in [0.4, 0.5) is 0 Å². The molecule has 112 valence electrons. The normalized spacial score (nSPS) is 11.5. The van der Waals surface area contributed by atoms with Crippen LogP contribution in [0.1, 0.15) is 5.56 Å². The molecule has 7 nitrogen and oxygen atoms in total. The molecule has 0 spiro atoms. The molecule has 0 fully saturated rings. The fourth-order valence-electron chi connectivity index (χ4n) is 1.81. The van der Waals surface area contributed by atoms with Crippen LogP contribution in [0.25, 0.3) is 0 Å². The molecule has 2 heterocycles. The predicted octanol–water partition coefficient (Wildman–Crippen LogP) is 1.55. The first-order valence-electron chi connectivity index (χ1n) is 6.20. The highest BCUT2D eigenvalue weighted by molar-refractivity contribution is 14.1. The first-order valence-corrected chi connectivity index (χ1v) is 8.76. The number of benzene rings is 1. The Morgan fingerprint density at radius 2 is 1.77 bits per heavy atom. The largest absolute Gasteiger partial charge is 0.247 e. The molecule has 0 saturated carbocycles. The van der Waals surface area contributed by atoms with E-state index in [9.17, 15) is 8.42 Å². The van der Waals surface area contributed by atoms with Crippen LogP contribution < -0.4 is 0 Å². The van der Waals surface area contributed by atoms with E-state index in [1.54, 1.807) is 36.7 Å². The van der Waals surface area contributed by atoms with Crippen molar-refractivity contribution >= 4 is 32.4 Å². The zero-order valence-corrected chi connectivity index (χ0v) is 14.1. The monoisotopic (exact) mass is 427 g/mol. The SMILES string of the molecule is O=S(=O)(c1ccc(I)cc1)c1cn(Cc2cncnc2)nn1. The minimum Gasteiger partial charge on any atom is -0.247 e. The van der Waals surface area contributed by atoms with Gasteiger partial charge in [0, 0.05) is 21.5 Å². The Morgan fingerprint density at radius 3 is 2.45 bits per heavy atom. The number of sulfone groups is 1. The molecule has 0 N–H and O–H groups in total. The molecule has 9 heteroatoms. The maximum atomic E-state index is 12.5. The van der Waals surface area contributed by atoms with Crippen molar-refractivity contribution in [2.45, 2.75) is 16.5 Å². The molecule has 3 aromatic rings. The summed E-state index contributed by atoms with van der Waals surface area (Å²) < 4.78 is 27.3. The molecule has 2 aromatic heterocycles. The number of rotatable bonds is 4. The van der Waals surface area contributed by atoms with Crippen molar-refractivity contribution in [2.24, 2.45) is 0 Å². The second-order valence-corrected chi connectivity index (χ2v) is 7.60. The van der Waals surface area contributed by atoms with Gasteiger partial charge in [0.15, 0.2) is 0 Å². The summed E-state index contributed by atoms with van der Waals surface area (Å²) in [6.45, 7) is 0.357. The molecule has 0 unspecified atom stereocenters. The predicted molar refractivity (Wildman–Crippen MR) is 85.8 cm³/mol. The summed E-state index contributed by atoms with van der Waals surface area (Å²) in [5, 5.41) is 7.54. The van der Waals surface area contributed by atoms with Gasteiger partial charge in [0.25, 0.3) is 0 Å². The van der Waals surface area contributed by atoms with Gasteiger partial charge in [-0.25, -0.2) is 23.1 Å². The molecule has 0 aliphatic heterocycles. The molecule has 0 radical (unpaired) electrons. The molecule has 1 aromatic carbocycles. The summed E-state index contributed by atoms with van der Waals surface area (Å²) in [5.74, 6) is 0. The Kier molecular flexibility index (Phi) is 4.16. The fourth-order valence-corrected chi connectivity index (χ4v) is 3.31. The lowest BCUT2D eigenvalue weighted by Crippen LogP contribution is -2.03. The summed E-state index contributed by atoms with van der Waals surface area (Å²) in [7, 11) is -3.66. The molecule has 0 aliphatic carbocycles. The lowest BCUT2D eigenvalue weighted by molar-refractivity contribution is 0.591. The first kappa shape index (κ1) is 15.0. The third kappa shape index (κ3) is 3.14. The average Bonchev–Trinajstić information content (AvgIpc) is 2.98. The van der Waals surface area contributed by atoms with Gasteiger partial charge in [-0.15, -0.1) is 5.10 Å². The number of hydrogen-bond acceptors (Lipinski definition) is 6. The van der Waals surface area contributed by atoms with E-state index < -0.39 is 9.84 Å². The van der Waals surface area contributed by atoms with Gasteiger partial charge in [0.05, 0.1) is 17.6 Å². The van der Waals surface area contributed by atoms with Gasteiger partial charge < -0.3 is 0 Å². The lowest BCUT2D eigenvalue weighted by atomic mass is 10.3. The van der Waals surface area contributed by atoms with E-state index in [0.29, 0.717) is 6.54 Å². The molecule has 3 rings (SSSR count). The Bertz CT molecular complexity index is 878. The third-order valence-corrected chi connectivity index (χ3v) is 5.23. The molecule has 22 heavy (non-hydrogen) atoms. The molecule has 0 bridgehead atoms. The number of nitrogens with zero attached hydrogens (tertiary/aromatic N) is 5. The maximum absolute atomic E-state index is 12.5. The van der Waals surface area contributed by atoms with E-state index in [-0.39, 0.29) is 9.92 Å². The summed E-state index contributed by atoms with van der Waals surface area (Å²) in [6, 6.07) is 6.58. The van der Waals surface area contributed by atoms with Gasteiger partial charge in [0.1, 0.15) is 6.33 Å². The highest BCUT2D eigenvalue weighted by Gasteiger charge is 2.21. The quantitative estimate of drug-likeness (QED) is 0.587. The minimum atomic E-state index is -3.66. The fraction of sp³-hybridized carbons (Fsp3) is 0.0769. The van der Waals surface area contributed by atoms with E-state index >= 15 is 0 Å². The Balaban J connectivity index is 1.88. The third-order valence-electron chi connectivity index (χ3n) is 2.88. The average molecular weight is 427 g/mol. The van der Waals surface area contributed by atoms with Gasteiger partial charge in [-0.3, -0.25) is 0 Å².